The summed E-state index contributed by atoms with van der Waals surface area (Å²) in [6.45, 7) is 6.21. The van der Waals surface area contributed by atoms with E-state index in [1.54, 1.807) is 0 Å². The minimum atomic E-state index is 0.00887. The van der Waals surface area contributed by atoms with Crippen LogP contribution in [-0.2, 0) is 9.53 Å². The minimum absolute atomic E-state index is 0.00887. The Morgan fingerprint density at radius 3 is 3.00 bits per heavy atom. The Balaban J connectivity index is 1.66. The number of ether oxygens (including phenoxy) is 1. The van der Waals surface area contributed by atoms with Gasteiger partial charge < -0.3 is 15.4 Å². The van der Waals surface area contributed by atoms with Crippen LogP contribution in [0.2, 0.25) is 0 Å². The summed E-state index contributed by atoms with van der Waals surface area (Å²) in [6.07, 6.45) is 3.59. The van der Waals surface area contributed by atoms with E-state index in [0.717, 1.165) is 32.4 Å². The summed E-state index contributed by atoms with van der Waals surface area (Å²) in [4.78, 5) is 11.8. The highest BCUT2D eigenvalue weighted by Crippen LogP contribution is 2.52. The Morgan fingerprint density at radius 2 is 2.24 bits per heavy atom. The number of nitrogens with one attached hydrogen (secondary N) is 2. The van der Waals surface area contributed by atoms with Crippen molar-refractivity contribution >= 4 is 5.91 Å². The van der Waals surface area contributed by atoms with Crippen molar-refractivity contribution in [1.29, 1.82) is 0 Å². The third-order valence-electron chi connectivity index (χ3n) is 4.77. The molecule has 3 fully saturated rings. The maximum atomic E-state index is 11.8. The van der Waals surface area contributed by atoms with Gasteiger partial charge >= 0.3 is 0 Å². The maximum absolute atomic E-state index is 11.8. The molecule has 4 atom stereocenters. The Hall–Kier alpha value is -0.610. The molecule has 1 saturated carbocycles. The smallest absolute Gasteiger partial charge is 0.237 e. The average Bonchev–Trinajstić information content (AvgIpc) is 2.74. The molecule has 2 heterocycles. The van der Waals surface area contributed by atoms with E-state index in [4.69, 9.17) is 4.74 Å². The third kappa shape index (κ3) is 1.69. The summed E-state index contributed by atoms with van der Waals surface area (Å²) in [5.74, 6) is 0.786. The highest BCUT2D eigenvalue weighted by Gasteiger charge is 2.59. The predicted octanol–water partition coefficient (Wildman–Crippen LogP) is 0.668. The first-order valence-corrected chi connectivity index (χ1v) is 6.76. The van der Waals surface area contributed by atoms with Crippen LogP contribution in [0.4, 0.5) is 0 Å². The standard InChI is InChI=1S/C13H22N2O2/c1-13(2)10(8-5-7-17-11(8)13)15-9-4-3-6-14-12(9)16/h8-11,15H,3-7H2,1-2H3,(H,14,16). The van der Waals surface area contributed by atoms with Gasteiger partial charge in [-0.15, -0.1) is 0 Å². The molecule has 0 radical (unpaired) electrons. The molecule has 2 saturated heterocycles. The van der Waals surface area contributed by atoms with Crippen molar-refractivity contribution in [3.8, 4) is 0 Å². The highest BCUT2D eigenvalue weighted by molar-refractivity contribution is 5.82. The summed E-state index contributed by atoms with van der Waals surface area (Å²) < 4.78 is 5.77. The minimum Gasteiger partial charge on any atom is -0.377 e. The van der Waals surface area contributed by atoms with Crippen molar-refractivity contribution in [1.82, 2.24) is 10.6 Å². The SMILES string of the molecule is CC1(C)C(NC2CCCNC2=O)C2CCOC21. The van der Waals surface area contributed by atoms with Gasteiger partial charge in [-0.3, -0.25) is 4.79 Å². The van der Waals surface area contributed by atoms with Gasteiger partial charge in [0.1, 0.15) is 0 Å². The van der Waals surface area contributed by atoms with Crippen molar-refractivity contribution in [3.05, 3.63) is 0 Å². The van der Waals surface area contributed by atoms with Gasteiger partial charge in [0.2, 0.25) is 5.91 Å². The molecular weight excluding hydrogens is 216 g/mol. The number of fused-ring (bicyclic) bond motifs is 1. The molecule has 0 aromatic heterocycles. The lowest BCUT2D eigenvalue weighted by atomic mass is 9.57. The second-order valence-electron chi connectivity index (χ2n) is 6.20. The Bertz CT molecular complexity index is 329. The molecule has 0 aromatic rings. The van der Waals surface area contributed by atoms with Crippen LogP contribution < -0.4 is 10.6 Å². The molecule has 0 aromatic carbocycles. The zero-order valence-corrected chi connectivity index (χ0v) is 10.7. The van der Waals surface area contributed by atoms with Crippen LogP contribution in [0.5, 0.6) is 0 Å². The van der Waals surface area contributed by atoms with Gasteiger partial charge in [-0.25, -0.2) is 0 Å². The molecule has 17 heavy (non-hydrogen) atoms. The van der Waals surface area contributed by atoms with Crippen molar-refractivity contribution in [2.75, 3.05) is 13.2 Å². The second kappa shape index (κ2) is 3.95. The molecule has 3 rings (SSSR count). The fourth-order valence-electron chi connectivity index (χ4n) is 3.81. The Morgan fingerprint density at radius 1 is 1.41 bits per heavy atom. The van der Waals surface area contributed by atoms with E-state index >= 15 is 0 Å². The Kier molecular flexibility index (Phi) is 2.67. The molecule has 1 amide bonds. The number of amides is 1. The predicted molar refractivity (Wildman–Crippen MR) is 64.6 cm³/mol. The van der Waals surface area contributed by atoms with Gasteiger partial charge in [-0.2, -0.15) is 0 Å². The zero-order valence-electron chi connectivity index (χ0n) is 10.7. The van der Waals surface area contributed by atoms with E-state index in [-0.39, 0.29) is 17.4 Å². The lowest BCUT2D eigenvalue weighted by Crippen LogP contribution is -2.69. The van der Waals surface area contributed by atoms with Gasteiger partial charge in [0.05, 0.1) is 12.1 Å². The lowest BCUT2D eigenvalue weighted by molar-refractivity contribution is -0.133. The van der Waals surface area contributed by atoms with Crippen molar-refractivity contribution < 1.29 is 9.53 Å². The first-order chi connectivity index (χ1) is 8.10. The summed E-state index contributed by atoms with van der Waals surface area (Å²) in [6, 6.07) is 0.443. The van der Waals surface area contributed by atoms with Gasteiger partial charge in [-0.1, -0.05) is 13.8 Å². The summed E-state index contributed by atoms with van der Waals surface area (Å²) in [5.41, 5.74) is 0.166. The maximum Gasteiger partial charge on any atom is 0.237 e. The van der Waals surface area contributed by atoms with Crippen molar-refractivity contribution in [2.24, 2.45) is 11.3 Å². The molecule has 0 bridgehead atoms. The van der Waals surface area contributed by atoms with E-state index in [1.165, 1.54) is 0 Å². The van der Waals surface area contributed by atoms with Crippen LogP contribution >= 0.6 is 0 Å². The molecular formula is C13H22N2O2. The van der Waals surface area contributed by atoms with Crippen LogP contribution in [-0.4, -0.2) is 37.2 Å². The fourth-order valence-corrected chi connectivity index (χ4v) is 3.81. The third-order valence-corrected chi connectivity index (χ3v) is 4.77. The van der Waals surface area contributed by atoms with E-state index in [9.17, 15) is 4.79 Å². The van der Waals surface area contributed by atoms with E-state index < -0.39 is 0 Å². The molecule has 2 N–H and O–H groups in total. The molecule has 96 valence electrons. The lowest BCUT2D eigenvalue weighted by Gasteiger charge is -2.55. The van der Waals surface area contributed by atoms with Gasteiger partial charge in [0.15, 0.2) is 0 Å². The van der Waals surface area contributed by atoms with Gasteiger partial charge in [0.25, 0.3) is 0 Å². The topological polar surface area (TPSA) is 50.4 Å². The van der Waals surface area contributed by atoms with Crippen LogP contribution in [0, 0.1) is 11.3 Å². The van der Waals surface area contributed by atoms with Crippen LogP contribution in [0.3, 0.4) is 0 Å². The van der Waals surface area contributed by atoms with Crippen LogP contribution in [0.1, 0.15) is 33.1 Å². The number of carbonyl (C=O) groups is 1. The molecule has 0 spiro atoms. The molecule has 4 heteroatoms. The van der Waals surface area contributed by atoms with E-state index in [0.29, 0.717) is 18.1 Å². The summed E-state index contributed by atoms with van der Waals surface area (Å²) in [7, 11) is 0. The fraction of sp³-hybridized carbons (Fsp3) is 0.923. The quantitative estimate of drug-likeness (QED) is 0.743. The van der Waals surface area contributed by atoms with Crippen LogP contribution in [0.15, 0.2) is 0 Å². The number of rotatable bonds is 2. The number of hydrogen-bond donors (Lipinski definition) is 2. The number of carbonyl (C=O) groups excluding carboxylic acids is 1. The molecule has 2 aliphatic heterocycles. The van der Waals surface area contributed by atoms with Gasteiger partial charge in [-0.05, 0) is 19.3 Å². The number of piperidine rings is 1. The van der Waals surface area contributed by atoms with Gasteiger partial charge in [0, 0.05) is 30.5 Å². The summed E-state index contributed by atoms with van der Waals surface area (Å²) in [5, 5.41) is 6.51. The van der Waals surface area contributed by atoms with E-state index in [2.05, 4.69) is 24.5 Å². The molecule has 4 unspecified atom stereocenters. The summed E-state index contributed by atoms with van der Waals surface area (Å²) >= 11 is 0. The number of hydrogen-bond acceptors (Lipinski definition) is 3. The van der Waals surface area contributed by atoms with Crippen molar-refractivity contribution in [3.63, 3.8) is 0 Å². The average molecular weight is 238 g/mol. The zero-order chi connectivity index (χ0) is 12.0. The normalized spacial score (nSPS) is 43.8. The molecule has 3 aliphatic rings. The monoisotopic (exact) mass is 238 g/mol. The largest absolute Gasteiger partial charge is 0.377 e. The molecule has 4 nitrogen and oxygen atoms in total. The van der Waals surface area contributed by atoms with Crippen LogP contribution in [0.25, 0.3) is 0 Å². The van der Waals surface area contributed by atoms with E-state index in [1.807, 2.05) is 0 Å². The van der Waals surface area contributed by atoms with Crippen molar-refractivity contribution in [2.45, 2.75) is 51.3 Å². The first-order valence-electron chi connectivity index (χ1n) is 6.76. The second-order valence-corrected chi connectivity index (χ2v) is 6.20. The Labute approximate surface area is 102 Å². The first kappa shape index (κ1) is 11.5. The highest BCUT2D eigenvalue weighted by atomic mass is 16.5. The molecule has 1 aliphatic carbocycles.